The van der Waals surface area contributed by atoms with Crippen LogP contribution < -0.4 is 11.3 Å². The van der Waals surface area contributed by atoms with E-state index < -0.39 is 0 Å². The highest BCUT2D eigenvalue weighted by Crippen LogP contribution is 2.16. The van der Waals surface area contributed by atoms with Crippen LogP contribution in [0.5, 0.6) is 0 Å². The van der Waals surface area contributed by atoms with Crippen molar-refractivity contribution in [3.8, 4) is 5.82 Å². The molecule has 3 N–H and O–H groups in total. The number of aryl methyl sites for hydroxylation is 1. The number of aromatic nitrogens is 4. The first-order valence-corrected chi connectivity index (χ1v) is 4.47. The molecule has 6 nitrogen and oxygen atoms in total. The van der Waals surface area contributed by atoms with Gasteiger partial charge in [0.1, 0.15) is 0 Å². The number of aromatic amines is 1. The van der Waals surface area contributed by atoms with Crippen molar-refractivity contribution in [3.05, 3.63) is 34.1 Å². The number of H-pyrrole nitrogens is 1. The van der Waals surface area contributed by atoms with Crippen LogP contribution in [0.3, 0.4) is 0 Å². The summed E-state index contributed by atoms with van der Waals surface area (Å²) in [7, 11) is 0. The molecule has 2 aromatic heterocycles. The molecule has 2 rings (SSSR count). The molecule has 0 aromatic carbocycles. The quantitative estimate of drug-likeness (QED) is 0.693. The van der Waals surface area contributed by atoms with Gasteiger partial charge in [0.25, 0.3) is 5.56 Å². The summed E-state index contributed by atoms with van der Waals surface area (Å²) in [5.74, 6) is 0.231. The summed E-state index contributed by atoms with van der Waals surface area (Å²) in [4.78, 5) is 18.0. The Kier molecular flexibility index (Phi) is 2.03. The van der Waals surface area contributed by atoms with Crippen LogP contribution in [0.2, 0.25) is 0 Å². The summed E-state index contributed by atoms with van der Waals surface area (Å²) in [6.07, 6.45) is 2.98. The van der Waals surface area contributed by atoms with E-state index in [-0.39, 0.29) is 11.4 Å². The normalized spacial score (nSPS) is 10.5. The van der Waals surface area contributed by atoms with Crippen molar-refractivity contribution in [2.24, 2.45) is 0 Å². The van der Waals surface area contributed by atoms with Crippen molar-refractivity contribution in [2.75, 3.05) is 5.73 Å². The predicted molar refractivity (Wildman–Crippen MR) is 55.9 cm³/mol. The lowest BCUT2D eigenvalue weighted by molar-refractivity contribution is 0.789. The number of anilines is 1. The molecule has 0 spiro atoms. The molecule has 6 heteroatoms. The average molecular weight is 205 g/mol. The third-order valence-electron chi connectivity index (χ3n) is 2.24. The Morgan fingerprint density at radius 2 is 2.20 bits per heavy atom. The third kappa shape index (κ3) is 1.39. The Morgan fingerprint density at radius 3 is 2.73 bits per heavy atom. The SMILES string of the molecule is Cc1nn(-c2ncc[nH]c2=O)c(C)c1N. The molecular formula is C9H11N5O. The summed E-state index contributed by atoms with van der Waals surface area (Å²) in [6.45, 7) is 3.58. The molecule has 0 unspecified atom stereocenters. The number of nitrogens with two attached hydrogens (primary N) is 1. The maximum absolute atomic E-state index is 11.5. The second-order valence-electron chi connectivity index (χ2n) is 3.24. The number of hydrogen-bond acceptors (Lipinski definition) is 4. The minimum Gasteiger partial charge on any atom is -0.396 e. The topological polar surface area (TPSA) is 89.6 Å². The van der Waals surface area contributed by atoms with Crippen LogP contribution in [0.1, 0.15) is 11.4 Å². The van der Waals surface area contributed by atoms with Gasteiger partial charge in [0.15, 0.2) is 0 Å². The lowest BCUT2D eigenvalue weighted by Gasteiger charge is -2.00. The Morgan fingerprint density at radius 1 is 1.47 bits per heavy atom. The van der Waals surface area contributed by atoms with Gasteiger partial charge in [-0.2, -0.15) is 5.10 Å². The summed E-state index contributed by atoms with van der Waals surface area (Å²) < 4.78 is 1.45. The van der Waals surface area contributed by atoms with Crippen LogP contribution >= 0.6 is 0 Å². The Hall–Kier alpha value is -2.11. The van der Waals surface area contributed by atoms with E-state index in [1.165, 1.54) is 17.1 Å². The fourth-order valence-corrected chi connectivity index (χ4v) is 1.36. The van der Waals surface area contributed by atoms with Crippen molar-refractivity contribution in [1.29, 1.82) is 0 Å². The van der Waals surface area contributed by atoms with E-state index in [0.717, 1.165) is 5.69 Å². The molecule has 15 heavy (non-hydrogen) atoms. The highest BCUT2D eigenvalue weighted by Gasteiger charge is 2.12. The zero-order valence-electron chi connectivity index (χ0n) is 8.48. The van der Waals surface area contributed by atoms with Crippen molar-refractivity contribution in [1.82, 2.24) is 19.7 Å². The van der Waals surface area contributed by atoms with Gasteiger partial charge in [0, 0.05) is 12.4 Å². The van der Waals surface area contributed by atoms with Crippen LogP contribution in [-0.4, -0.2) is 19.7 Å². The van der Waals surface area contributed by atoms with Crippen LogP contribution in [0, 0.1) is 13.8 Å². The molecular weight excluding hydrogens is 194 g/mol. The fraction of sp³-hybridized carbons (Fsp3) is 0.222. The largest absolute Gasteiger partial charge is 0.396 e. The number of nitrogen functional groups attached to an aromatic ring is 1. The molecule has 0 radical (unpaired) electrons. The Balaban J connectivity index is 2.70. The first-order valence-electron chi connectivity index (χ1n) is 4.47. The van der Waals surface area contributed by atoms with Gasteiger partial charge in [-0.25, -0.2) is 9.67 Å². The third-order valence-corrected chi connectivity index (χ3v) is 2.24. The average Bonchev–Trinajstić information content (AvgIpc) is 2.47. The van der Waals surface area contributed by atoms with Gasteiger partial charge in [-0.1, -0.05) is 0 Å². The summed E-state index contributed by atoms with van der Waals surface area (Å²) in [5.41, 5.74) is 7.47. The molecule has 0 saturated heterocycles. The first kappa shape index (κ1) is 9.45. The smallest absolute Gasteiger partial charge is 0.293 e. The minimum atomic E-state index is -0.289. The van der Waals surface area contributed by atoms with Gasteiger partial charge in [-0.3, -0.25) is 4.79 Å². The molecule has 0 atom stereocenters. The highest BCUT2D eigenvalue weighted by molar-refractivity contribution is 5.49. The maximum atomic E-state index is 11.5. The molecule has 0 fully saturated rings. The van der Waals surface area contributed by atoms with E-state index in [4.69, 9.17) is 5.73 Å². The fourth-order valence-electron chi connectivity index (χ4n) is 1.36. The molecule has 2 heterocycles. The van der Waals surface area contributed by atoms with Gasteiger partial charge in [-0.15, -0.1) is 0 Å². The van der Waals surface area contributed by atoms with Gasteiger partial charge < -0.3 is 10.7 Å². The van der Waals surface area contributed by atoms with Crippen LogP contribution in [0.15, 0.2) is 17.2 Å². The number of nitrogens with one attached hydrogen (secondary N) is 1. The monoisotopic (exact) mass is 205 g/mol. The number of hydrogen-bond donors (Lipinski definition) is 2. The van der Waals surface area contributed by atoms with Crippen molar-refractivity contribution < 1.29 is 0 Å². The molecule has 0 aliphatic rings. The summed E-state index contributed by atoms with van der Waals surface area (Å²) in [6, 6.07) is 0. The van der Waals surface area contributed by atoms with E-state index in [1.807, 2.05) is 0 Å². The molecule has 0 aliphatic heterocycles. The zero-order chi connectivity index (χ0) is 11.0. The standard InChI is InChI=1S/C9H11N5O/c1-5-7(10)6(2)14(13-5)8-9(15)12-4-3-11-8/h3-4H,10H2,1-2H3,(H,12,15). The Bertz CT molecular complexity index is 554. The molecule has 2 aromatic rings. The van der Waals surface area contributed by atoms with Crippen molar-refractivity contribution in [3.63, 3.8) is 0 Å². The predicted octanol–water partition coefficient (Wildman–Crippen LogP) is 0.155. The van der Waals surface area contributed by atoms with Crippen LogP contribution in [0.4, 0.5) is 5.69 Å². The lowest BCUT2D eigenvalue weighted by Crippen LogP contribution is -2.17. The van der Waals surface area contributed by atoms with Gasteiger partial charge in [0.2, 0.25) is 5.82 Å². The van der Waals surface area contributed by atoms with Crippen LogP contribution in [-0.2, 0) is 0 Å². The van der Waals surface area contributed by atoms with Crippen molar-refractivity contribution >= 4 is 5.69 Å². The van der Waals surface area contributed by atoms with E-state index in [0.29, 0.717) is 11.4 Å². The molecule has 0 amide bonds. The lowest BCUT2D eigenvalue weighted by atomic mass is 10.3. The molecule has 0 saturated carbocycles. The van der Waals surface area contributed by atoms with Gasteiger partial charge in [-0.05, 0) is 13.8 Å². The maximum Gasteiger partial charge on any atom is 0.293 e. The van der Waals surface area contributed by atoms with Gasteiger partial charge >= 0.3 is 0 Å². The molecule has 78 valence electrons. The summed E-state index contributed by atoms with van der Waals surface area (Å²) in [5, 5.41) is 4.15. The zero-order valence-corrected chi connectivity index (χ0v) is 8.48. The summed E-state index contributed by atoms with van der Waals surface area (Å²) >= 11 is 0. The number of nitrogens with zero attached hydrogens (tertiary/aromatic N) is 3. The van der Waals surface area contributed by atoms with E-state index >= 15 is 0 Å². The first-order chi connectivity index (χ1) is 7.11. The second-order valence-corrected chi connectivity index (χ2v) is 3.24. The highest BCUT2D eigenvalue weighted by atomic mass is 16.1. The van der Waals surface area contributed by atoms with E-state index in [2.05, 4.69) is 15.1 Å². The second kappa shape index (κ2) is 3.23. The molecule has 0 aliphatic carbocycles. The Labute approximate surface area is 85.8 Å². The molecule has 0 bridgehead atoms. The van der Waals surface area contributed by atoms with E-state index in [1.54, 1.807) is 13.8 Å². The van der Waals surface area contributed by atoms with Gasteiger partial charge in [0.05, 0.1) is 17.1 Å². The van der Waals surface area contributed by atoms with Crippen LogP contribution in [0.25, 0.3) is 5.82 Å². The minimum absolute atomic E-state index is 0.231. The van der Waals surface area contributed by atoms with Crippen molar-refractivity contribution in [2.45, 2.75) is 13.8 Å². The number of rotatable bonds is 1. The van der Waals surface area contributed by atoms with E-state index in [9.17, 15) is 4.79 Å².